The highest BCUT2D eigenvalue weighted by atomic mass is 32.2. The molecule has 33 heavy (non-hydrogen) atoms. The number of halogens is 3. The highest BCUT2D eigenvalue weighted by Crippen LogP contribution is 2.33. The molecule has 2 aromatic rings. The molecule has 2 unspecified atom stereocenters. The molecule has 0 spiro atoms. The van der Waals surface area contributed by atoms with Gasteiger partial charge < -0.3 is 19.3 Å². The first-order chi connectivity index (χ1) is 15.6. The Kier molecular flexibility index (Phi) is 10.5. The summed E-state index contributed by atoms with van der Waals surface area (Å²) in [5.74, 6) is 0.0958. The van der Waals surface area contributed by atoms with E-state index in [1.165, 1.54) is 12.1 Å². The number of aryl methyl sites for hydroxylation is 1. The minimum Gasteiger partial charge on any atom is -0.482 e. The Bertz CT molecular complexity index is 887. The lowest BCUT2D eigenvalue weighted by Gasteiger charge is -2.24. The van der Waals surface area contributed by atoms with Gasteiger partial charge in [0, 0.05) is 30.3 Å². The molecule has 0 heterocycles. The molecule has 0 radical (unpaired) electrons. The summed E-state index contributed by atoms with van der Waals surface area (Å²) in [5, 5.41) is 8.75. The van der Waals surface area contributed by atoms with Gasteiger partial charge in [-0.3, -0.25) is 0 Å². The van der Waals surface area contributed by atoms with Crippen molar-refractivity contribution in [3.8, 4) is 5.75 Å². The first kappa shape index (κ1) is 27.0. The predicted octanol–water partition coefficient (Wildman–Crippen LogP) is 6.14. The van der Waals surface area contributed by atoms with Crippen molar-refractivity contribution in [1.82, 2.24) is 0 Å². The Labute approximate surface area is 196 Å². The fraction of sp³-hybridized carbons (Fsp3) is 0.458. The van der Waals surface area contributed by atoms with E-state index in [0.717, 1.165) is 22.6 Å². The number of aliphatic carboxylic acids is 1. The molecule has 1 N–H and O–H groups in total. The van der Waals surface area contributed by atoms with Crippen LogP contribution >= 0.6 is 11.8 Å². The second-order valence-electron chi connectivity index (χ2n) is 7.30. The standard InChI is InChI=1S/C24H29F3O5S/c1-4-30-19(15-33-20-10-11-21(16(3)12-20)32-14-23(28)29)13-22(31-5-2)17-6-8-18(9-7-17)24(25,26)27/h6-12,19,22H,4-5,13-15H2,1-3H3,(H,28,29). The van der Waals surface area contributed by atoms with Gasteiger partial charge in [-0.15, -0.1) is 11.8 Å². The first-order valence-corrected chi connectivity index (χ1v) is 11.6. The van der Waals surface area contributed by atoms with Crippen LogP contribution in [0.2, 0.25) is 0 Å². The van der Waals surface area contributed by atoms with Crippen molar-refractivity contribution in [2.24, 2.45) is 0 Å². The zero-order chi connectivity index (χ0) is 24.4. The third-order valence-electron chi connectivity index (χ3n) is 4.79. The molecule has 0 saturated heterocycles. The highest BCUT2D eigenvalue weighted by molar-refractivity contribution is 7.99. The van der Waals surface area contributed by atoms with Gasteiger partial charge in [0.2, 0.25) is 0 Å². The smallest absolute Gasteiger partial charge is 0.416 e. The van der Waals surface area contributed by atoms with Crippen LogP contribution in [0, 0.1) is 6.92 Å². The van der Waals surface area contributed by atoms with Crippen LogP contribution in [-0.2, 0) is 20.4 Å². The van der Waals surface area contributed by atoms with Crippen LogP contribution < -0.4 is 4.74 Å². The molecule has 2 atom stereocenters. The van der Waals surface area contributed by atoms with Crippen LogP contribution in [0.3, 0.4) is 0 Å². The molecular weight excluding hydrogens is 457 g/mol. The number of rotatable bonds is 13. The molecule has 2 aromatic carbocycles. The number of benzene rings is 2. The van der Waals surface area contributed by atoms with E-state index in [4.69, 9.17) is 19.3 Å². The van der Waals surface area contributed by atoms with Gasteiger partial charge >= 0.3 is 12.1 Å². The van der Waals surface area contributed by atoms with Crippen molar-refractivity contribution in [2.45, 2.75) is 50.5 Å². The molecule has 0 bridgehead atoms. The Hall–Kier alpha value is -2.23. The molecule has 0 saturated carbocycles. The number of carboxylic acid groups (broad SMARTS) is 1. The van der Waals surface area contributed by atoms with Gasteiger partial charge in [0.05, 0.1) is 17.8 Å². The summed E-state index contributed by atoms with van der Waals surface area (Å²) in [7, 11) is 0. The predicted molar refractivity (Wildman–Crippen MR) is 121 cm³/mol. The van der Waals surface area contributed by atoms with Gasteiger partial charge in [-0.25, -0.2) is 4.79 Å². The van der Waals surface area contributed by atoms with Gasteiger partial charge in [0.15, 0.2) is 6.61 Å². The van der Waals surface area contributed by atoms with Crippen LogP contribution in [0.25, 0.3) is 0 Å². The third kappa shape index (κ3) is 8.91. The van der Waals surface area contributed by atoms with E-state index in [1.54, 1.807) is 17.8 Å². The van der Waals surface area contributed by atoms with Crippen molar-refractivity contribution >= 4 is 17.7 Å². The Morgan fingerprint density at radius 3 is 2.27 bits per heavy atom. The van der Waals surface area contributed by atoms with Crippen LogP contribution in [0.5, 0.6) is 5.75 Å². The zero-order valence-corrected chi connectivity index (χ0v) is 19.7. The molecule has 0 aromatic heterocycles. The topological polar surface area (TPSA) is 65.0 Å². The van der Waals surface area contributed by atoms with E-state index in [-0.39, 0.29) is 12.2 Å². The maximum absolute atomic E-state index is 12.9. The fourth-order valence-corrected chi connectivity index (χ4v) is 4.28. The SMILES string of the molecule is CCOC(CSc1ccc(OCC(=O)O)c(C)c1)CC(OCC)c1ccc(C(F)(F)F)cc1. The van der Waals surface area contributed by atoms with E-state index >= 15 is 0 Å². The van der Waals surface area contributed by atoms with E-state index in [0.29, 0.717) is 36.7 Å². The van der Waals surface area contributed by atoms with Gasteiger partial charge in [-0.1, -0.05) is 12.1 Å². The summed E-state index contributed by atoms with van der Waals surface area (Å²) in [5.41, 5.74) is 0.811. The maximum Gasteiger partial charge on any atom is 0.416 e. The Morgan fingerprint density at radius 1 is 1.06 bits per heavy atom. The average Bonchev–Trinajstić information content (AvgIpc) is 2.76. The zero-order valence-electron chi connectivity index (χ0n) is 18.9. The molecule has 5 nitrogen and oxygen atoms in total. The second-order valence-corrected chi connectivity index (χ2v) is 8.39. The summed E-state index contributed by atoms with van der Waals surface area (Å²) in [6, 6.07) is 10.6. The van der Waals surface area contributed by atoms with Crippen molar-refractivity contribution < 1.29 is 37.3 Å². The first-order valence-electron chi connectivity index (χ1n) is 10.6. The Balaban J connectivity index is 2.05. The largest absolute Gasteiger partial charge is 0.482 e. The van der Waals surface area contributed by atoms with E-state index < -0.39 is 24.3 Å². The quantitative estimate of drug-likeness (QED) is 0.343. The highest BCUT2D eigenvalue weighted by Gasteiger charge is 2.30. The van der Waals surface area contributed by atoms with Crippen molar-refractivity contribution in [3.05, 3.63) is 59.2 Å². The van der Waals surface area contributed by atoms with Crippen LogP contribution in [0.15, 0.2) is 47.4 Å². The lowest BCUT2D eigenvalue weighted by atomic mass is 10.0. The monoisotopic (exact) mass is 486 g/mol. The summed E-state index contributed by atoms with van der Waals surface area (Å²) >= 11 is 1.58. The van der Waals surface area contributed by atoms with Crippen LogP contribution in [0.1, 0.15) is 43.1 Å². The minimum atomic E-state index is -4.38. The molecule has 0 aliphatic rings. The van der Waals surface area contributed by atoms with Crippen LogP contribution in [0.4, 0.5) is 13.2 Å². The summed E-state index contributed by atoms with van der Waals surface area (Å²) in [6.45, 7) is 6.11. The van der Waals surface area contributed by atoms with Crippen LogP contribution in [-0.4, -0.2) is 42.8 Å². The number of hydrogen-bond acceptors (Lipinski definition) is 5. The van der Waals surface area contributed by atoms with Crippen molar-refractivity contribution in [2.75, 3.05) is 25.6 Å². The lowest BCUT2D eigenvalue weighted by molar-refractivity contribution is -0.139. The summed E-state index contributed by atoms with van der Waals surface area (Å²) in [4.78, 5) is 11.7. The molecule has 182 valence electrons. The van der Waals surface area contributed by atoms with E-state index in [9.17, 15) is 18.0 Å². The number of hydrogen-bond donors (Lipinski definition) is 1. The van der Waals surface area contributed by atoms with E-state index in [2.05, 4.69) is 0 Å². The third-order valence-corrected chi connectivity index (χ3v) is 5.92. The second kappa shape index (κ2) is 12.9. The van der Waals surface area contributed by atoms with Gasteiger partial charge in [0.25, 0.3) is 0 Å². The number of ether oxygens (including phenoxy) is 3. The molecule has 0 aliphatic heterocycles. The molecule has 0 aliphatic carbocycles. The number of carboxylic acids is 1. The Morgan fingerprint density at radius 2 is 1.73 bits per heavy atom. The molecule has 0 amide bonds. The van der Waals surface area contributed by atoms with Crippen molar-refractivity contribution in [1.29, 1.82) is 0 Å². The molecule has 0 fully saturated rings. The maximum atomic E-state index is 12.9. The van der Waals surface area contributed by atoms with Gasteiger partial charge in [-0.05, 0) is 62.2 Å². The number of thioether (sulfide) groups is 1. The van der Waals surface area contributed by atoms with Gasteiger partial charge in [-0.2, -0.15) is 13.2 Å². The number of carbonyl (C=O) groups is 1. The molecular formula is C24H29F3O5S. The van der Waals surface area contributed by atoms with E-state index in [1.807, 2.05) is 32.9 Å². The van der Waals surface area contributed by atoms with Gasteiger partial charge in [0.1, 0.15) is 5.75 Å². The normalized spacial score (nSPS) is 13.5. The molecule has 9 heteroatoms. The summed E-state index contributed by atoms with van der Waals surface area (Å²) in [6.07, 6.45) is -4.44. The fourth-order valence-electron chi connectivity index (χ4n) is 3.25. The lowest BCUT2D eigenvalue weighted by Crippen LogP contribution is -2.21. The number of alkyl halides is 3. The summed E-state index contributed by atoms with van der Waals surface area (Å²) < 4.78 is 55.6. The average molecular weight is 487 g/mol. The minimum absolute atomic E-state index is 0.179. The van der Waals surface area contributed by atoms with Crippen molar-refractivity contribution in [3.63, 3.8) is 0 Å². The molecule has 2 rings (SSSR count).